The van der Waals surface area contributed by atoms with E-state index >= 15 is 0 Å². The van der Waals surface area contributed by atoms with E-state index in [9.17, 15) is 0 Å². The van der Waals surface area contributed by atoms with E-state index in [1.165, 1.54) is 12.8 Å². The zero-order valence-corrected chi connectivity index (χ0v) is 5.51. The monoisotopic (exact) mass is 127 g/mol. The van der Waals surface area contributed by atoms with E-state index in [1.54, 1.807) is 0 Å². The number of aliphatic hydroxyl groups is 1. The van der Waals surface area contributed by atoms with E-state index in [2.05, 4.69) is 5.32 Å². The second-order valence-corrected chi connectivity index (χ2v) is 3.28. The van der Waals surface area contributed by atoms with Crippen LogP contribution in [0.2, 0.25) is 0 Å². The van der Waals surface area contributed by atoms with E-state index < -0.39 is 0 Å². The SMILES string of the molecule is OCC1CC2CC1CN2. The third-order valence-corrected chi connectivity index (χ3v) is 2.74. The lowest BCUT2D eigenvalue weighted by Gasteiger charge is -2.19. The van der Waals surface area contributed by atoms with Crippen LogP contribution < -0.4 is 5.32 Å². The fourth-order valence-electron chi connectivity index (χ4n) is 2.17. The maximum absolute atomic E-state index is 8.86. The maximum Gasteiger partial charge on any atom is 0.0462 e. The minimum absolute atomic E-state index is 0.406. The number of hydrogen-bond donors (Lipinski definition) is 2. The molecule has 1 aliphatic heterocycles. The average Bonchev–Trinajstić information content (AvgIpc) is 2.45. The first kappa shape index (κ1) is 5.69. The lowest BCUT2D eigenvalue weighted by molar-refractivity contribution is 0.183. The van der Waals surface area contributed by atoms with Crippen LogP contribution in [0.4, 0.5) is 0 Å². The Balaban J connectivity index is 2.01. The predicted octanol–water partition coefficient (Wildman–Crippen LogP) is -0.0233. The Bertz CT molecular complexity index is 115. The molecule has 1 aliphatic carbocycles. The van der Waals surface area contributed by atoms with Crippen molar-refractivity contribution in [1.29, 1.82) is 0 Å². The zero-order valence-electron chi connectivity index (χ0n) is 5.51. The molecule has 9 heavy (non-hydrogen) atoms. The standard InChI is InChI=1S/C7H13NO/c9-4-6-2-7-1-5(6)3-8-7/h5-9H,1-4H2. The Kier molecular flexibility index (Phi) is 1.24. The summed E-state index contributed by atoms with van der Waals surface area (Å²) in [7, 11) is 0. The van der Waals surface area contributed by atoms with Gasteiger partial charge in [0.25, 0.3) is 0 Å². The molecule has 2 rings (SSSR count). The molecule has 2 fully saturated rings. The van der Waals surface area contributed by atoms with E-state index in [0.29, 0.717) is 12.5 Å². The summed E-state index contributed by atoms with van der Waals surface area (Å²) in [6.07, 6.45) is 2.52. The molecule has 2 aliphatic rings. The summed E-state index contributed by atoms with van der Waals surface area (Å²) in [5.74, 6) is 1.41. The quantitative estimate of drug-likeness (QED) is 0.518. The van der Waals surface area contributed by atoms with Crippen molar-refractivity contribution in [2.45, 2.75) is 18.9 Å². The van der Waals surface area contributed by atoms with Crippen LogP contribution in [0.15, 0.2) is 0 Å². The summed E-state index contributed by atoms with van der Waals surface area (Å²) >= 11 is 0. The molecular weight excluding hydrogens is 114 g/mol. The molecule has 0 aromatic heterocycles. The van der Waals surface area contributed by atoms with Gasteiger partial charge in [-0.15, -0.1) is 0 Å². The minimum atomic E-state index is 0.406. The van der Waals surface area contributed by atoms with Gasteiger partial charge in [0, 0.05) is 12.6 Å². The Morgan fingerprint density at radius 1 is 1.44 bits per heavy atom. The highest BCUT2D eigenvalue weighted by Crippen LogP contribution is 2.35. The number of fused-ring (bicyclic) bond motifs is 2. The average molecular weight is 127 g/mol. The van der Waals surface area contributed by atoms with Crippen LogP contribution in [0.5, 0.6) is 0 Å². The van der Waals surface area contributed by atoms with Crippen molar-refractivity contribution in [2.75, 3.05) is 13.2 Å². The van der Waals surface area contributed by atoms with Gasteiger partial charge in [-0.1, -0.05) is 0 Å². The van der Waals surface area contributed by atoms with Crippen molar-refractivity contribution in [3.05, 3.63) is 0 Å². The summed E-state index contributed by atoms with van der Waals surface area (Å²) in [5, 5.41) is 12.3. The summed E-state index contributed by atoms with van der Waals surface area (Å²) in [6.45, 7) is 1.55. The van der Waals surface area contributed by atoms with Crippen molar-refractivity contribution in [2.24, 2.45) is 11.8 Å². The van der Waals surface area contributed by atoms with Crippen LogP contribution in [0.3, 0.4) is 0 Å². The summed E-state index contributed by atoms with van der Waals surface area (Å²) in [5.41, 5.74) is 0. The van der Waals surface area contributed by atoms with Gasteiger partial charge in [0.1, 0.15) is 0 Å². The summed E-state index contributed by atoms with van der Waals surface area (Å²) in [4.78, 5) is 0. The van der Waals surface area contributed by atoms with E-state index in [1.807, 2.05) is 0 Å². The molecule has 0 aromatic rings. The van der Waals surface area contributed by atoms with Crippen LogP contribution in [0, 0.1) is 11.8 Å². The molecule has 2 heteroatoms. The molecule has 0 spiro atoms. The van der Waals surface area contributed by atoms with Gasteiger partial charge in [0.2, 0.25) is 0 Å². The van der Waals surface area contributed by atoms with Crippen molar-refractivity contribution in [3.63, 3.8) is 0 Å². The lowest BCUT2D eigenvalue weighted by Crippen LogP contribution is -2.30. The Morgan fingerprint density at radius 2 is 2.33 bits per heavy atom. The fourth-order valence-corrected chi connectivity index (χ4v) is 2.17. The predicted molar refractivity (Wildman–Crippen MR) is 35.1 cm³/mol. The molecule has 1 saturated heterocycles. The first-order valence-corrected chi connectivity index (χ1v) is 3.74. The van der Waals surface area contributed by atoms with E-state index in [4.69, 9.17) is 5.11 Å². The topological polar surface area (TPSA) is 32.3 Å². The highest BCUT2D eigenvalue weighted by Gasteiger charge is 2.38. The zero-order chi connectivity index (χ0) is 6.27. The molecule has 1 saturated carbocycles. The maximum atomic E-state index is 8.86. The van der Waals surface area contributed by atoms with E-state index in [-0.39, 0.29) is 0 Å². The highest BCUT2D eigenvalue weighted by molar-refractivity contribution is 4.94. The molecule has 0 radical (unpaired) electrons. The van der Waals surface area contributed by atoms with Crippen molar-refractivity contribution < 1.29 is 5.11 Å². The molecule has 0 aromatic carbocycles. The molecule has 0 amide bonds. The minimum Gasteiger partial charge on any atom is -0.396 e. The molecular formula is C7H13NO. The van der Waals surface area contributed by atoms with Gasteiger partial charge in [-0.2, -0.15) is 0 Å². The fraction of sp³-hybridized carbons (Fsp3) is 1.00. The Morgan fingerprint density at radius 3 is 2.67 bits per heavy atom. The molecule has 1 heterocycles. The largest absolute Gasteiger partial charge is 0.396 e. The number of rotatable bonds is 1. The molecule has 52 valence electrons. The van der Waals surface area contributed by atoms with Gasteiger partial charge in [0.15, 0.2) is 0 Å². The van der Waals surface area contributed by atoms with Crippen LogP contribution >= 0.6 is 0 Å². The smallest absolute Gasteiger partial charge is 0.0462 e. The van der Waals surface area contributed by atoms with Crippen molar-refractivity contribution in [3.8, 4) is 0 Å². The van der Waals surface area contributed by atoms with Crippen LogP contribution in [-0.4, -0.2) is 24.3 Å². The van der Waals surface area contributed by atoms with Crippen LogP contribution in [-0.2, 0) is 0 Å². The van der Waals surface area contributed by atoms with Gasteiger partial charge in [-0.05, 0) is 31.2 Å². The number of aliphatic hydroxyl groups excluding tert-OH is 1. The second-order valence-electron chi connectivity index (χ2n) is 3.28. The highest BCUT2D eigenvalue weighted by atomic mass is 16.3. The van der Waals surface area contributed by atoms with Crippen molar-refractivity contribution >= 4 is 0 Å². The number of nitrogens with one attached hydrogen (secondary N) is 1. The molecule has 2 bridgehead atoms. The Hall–Kier alpha value is -0.0800. The summed E-state index contributed by atoms with van der Waals surface area (Å²) < 4.78 is 0. The lowest BCUT2D eigenvalue weighted by atomic mass is 9.97. The van der Waals surface area contributed by atoms with Gasteiger partial charge in [-0.3, -0.25) is 0 Å². The normalized spacial score (nSPS) is 48.3. The number of piperidine rings is 1. The summed E-state index contributed by atoms with van der Waals surface area (Å²) in [6, 6.07) is 0.743. The van der Waals surface area contributed by atoms with Gasteiger partial charge >= 0.3 is 0 Å². The van der Waals surface area contributed by atoms with Gasteiger partial charge in [0.05, 0.1) is 0 Å². The Labute approximate surface area is 55.3 Å². The molecule has 2 nitrogen and oxygen atoms in total. The van der Waals surface area contributed by atoms with E-state index in [0.717, 1.165) is 18.5 Å². The molecule has 3 unspecified atom stereocenters. The number of hydrogen-bond acceptors (Lipinski definition) is 2. The van der Waals surface area contributed by atoms with Crippen molar-refractivity contribution in [1.82, 2.24) is 5.32 Å². The molecule has 2 N–H and O–H groups in total. The third-order valence-electron chi connectivity index (χ3n) is 2.74. The van der Waals surface area contributed by atoms with Crippen LogP contribution in [0.1, 0.15) is 12.8 Å². The second kappa shape index (κ2) is 1.96. The van der Waals surface area contributed by atoms with Gasteiger partial charge < -0.3 is 10.4 Å². The van der Waals surface area contributed by atoms with Gasteiger partial charge in [-0.25, -0.2) is 0 Å². The molecule has 3 atom stereocenters. The van der Waals surface area contributed by atoms with Crippen LogP contribution in [0.25, 0.3) is 0 Å². The third kappa shape index (κ3) is 0.775. The first-order valence-electron chi connectivity index (χ1n) is 3.74. The first-order chi connectivity index (χ1) is 4.40.